The second-order valence-electron chi connectivity index (χ2n) is 8.02. The number of hydrogen-bond acceptors (Lipinski definition) is 5. The molecule has 1 aromatic carbocycles. The van der Waals surface area contributed by atoms with Crippen LogP contribution in [0.2, 0.25) is 0 Å². The molecule has 2 heterocycles. The number of esters is 1. The lowest BCUT2D eigenvalue weighted by Gasteiger charge is -2.14. The topological polar surface area (TPSA) is 47.3 Å². The zero-order valence-electron chi connectivity index (χ0n) is 19.3. The average Bonchev–Trinajstić information content (AvgIpc) is 3.17. The van der Waals surface area contributed by atoms with E-state index in [1.165, 1.54) is 11.3 Å². The molecular weight excluding hydrogens is 577 g/mol. The number of carbonyl (C=O) groups excluding carboxylic acids is 2. The van der Waals surface area contributed by atoms with Gasteiger partial charge in [0, 0.05) is 22.9 Å². The molecule has 0 N–H and O–H groups in total. The molecule has 4 rings (SSSR count). The molecule has 0 bridgehead atoms. The Labute approximate surface area is 226 Å². The number of carbonyl (C=O) groups is 2. The van der Waals surface area contributed by atoms with Gasteiger partial charge < -0.3 is 28.7 Å². The molecule has 0 saturated heterocycles. The number of allylic oxidation sites excluding steroid dienone is 1. The molecule has 1 unspecified atom stereocenters. The Bertz CT molecular complexity index is 1160. The highest BCUT2D eigenvalue weighted by atomic mass is 127. The minimum atomic E-state index is -0.319. The van der Waals surface area contributed by atoms with Gasteiger partial charge in [-0.15, -0.1) is 23.1 Å². The van der Waals surface area contributed by atoms with Gasteiger partial charge in [-0.1, -0.05) is 42.5 Å². The summed E-state index contributed by atoms with van der Waals surface area (Å²) in [5, 5.41) is 0.359. The Morgan fingerprint density at radius 3 is 2.53 bits per heavy atom. The third-order valence-electron chi connectivity index (χ3n) is 5.54. The van der Waals surface area contributed by atoms with E-state index in [2.05, 4.69) is 12.2 Å². The SMILES string of the molecule is CCOC(=O)Cc1c(C(=O)c2ccccc2)sc(SC2C=CCCC2)c1-[n+]1ccc(C)cc1.[I-]. The first-order valence-electron chi connectivity index (χ1n) is 11.3. The molecule has 7 heteroatoms. The van der Waals surface area contributed by atoms with Gasteiger partial charge in [0.1, 0.15) is 4.21 Å². The van der Waals surface area contributed by atoms with Gasteiger partial charge in [-0.25, -0.2) is 0 Å². The maximum atomic E-state index is 13.6. The summed E-state index contributed by atoms with van der Waals surface area (Å²) in [5.41, 5.74) is 3.43. The standard InChI is InChI=1S/C27H28NO3S2.HI/c1-3-31-23(29)18-22-24(28-16-14-19(2)15-17-28)27(32-21-12-8-5-9-13-21)33-26(22)25(30)20-10-6-4-7-11-20;/h4,6-8,10-12,14-17,21H,3,5,9,13,18H2,1-2H3;1H/q+1;/p-1. The Hall–Kier alpha value is -1.97. The van der Waals surface area contributed by atoms with Gasteiger partial charge in [0.05, 0.1) is 23.5 Å². The first kappa shape index (κ1) is 26.6. The van der Waals surface area contributed by atoms with Crippen LogP contribution in [0.25, 0.3) is 5.69 Å². The molecule has 178 valence electrons. The number of halogens is 1. The highest BCUT2D eigenvalue weighted by Crippen LogP contribution is 2.42. The van der Waals surface area contributed by atoms with Gasteiger partial charge in [0.25, 0.3) is 0 Å². The van der Waals surface area contributed by atoms with Crippen molar-refractivity contribution in [2.24, 2.45) is 0 Å². The summed E-state index contributed by atoms with van der Waals surface area (Å²) >= 11 is 3.28. The van der Waals surface area contributed by atoms with Gasteiger partial charge in [-0.3, -0.25) is 9.59 Å². The maximum Gasteiger partial charge on any atom is 0.310 e. The maximum absolute atomic E-state index is 13.6. The Morgan fingerprint density at radius 1 is 1.15 bits per heavy atom. The monoisotopic (exact) mass is 605 g/mol. The molecule has 0 radical (unpaired) electrons. The molecule has 34 heavy (non-hydrogen) atoms. The molecule has 0 amide bonds. The number of thiophene rings is 1. The van der Waals surface area contributed by atoms with Crippen LogP contribution in [0.5, 0.6) is 0 Å². The van der Waals surface area contributed by atoms with Crippen LogP contribution in [0.15, 0.2) is 71.2 Å². The normalized spacial score (nSPS) is 14.9. The summed E-state index contributed by atoms with van der Waals surface area (Å²) in [7, 11) is 0. The minimum absolute atomic E-state index is 0. The largest absolute Gasteiger partial charge is 1.00 e. The van der Waals surface area contributed by atoms with E-state index in [9.17, 15) is 9.59 Å². The lowest BCUT2D eigenvalue weighted by Crippen LogP contribution is -3.00. The van der Waals surface area contributed by atoms with E-state index in [0.29, 0.717) is 22.3 Å². The number of aromatic nitrogens is 1. The number of nitrogens with zero attached hydrogens (tertiary/aromatic N) is 1. The summed E-state index contributed by atoms with van der Waals surface area (Å²) in [5.74, 6) is -0.375. The van der Waals surface area contributed by atoms with Crippen LogP contribution in [0.3, 0.4) is 0 Å². The predicted molar refractivity (Wildman–Crippen MR) is 133 cm³/mol. The van der Waals surface area contributed by atoms with Crippen molar-refractivity contribution in [3.63, 3.8) is 0 Å². The summed E-state index contributed by atoms with van der Waals surface area (Å²) in [6, 6.07) is 13.4. The first-order chi connectivity index (χ1) is 16.1. The molecule has 0 aliphatic heterocycles. The minimum Gasteiger partial charge on any atom is -1.00 e. The molecule has 0 spiro atoms. The van der Waals surface area contributed by atoms with Crippen LogP contribution in [0.4, 0.5) is 0 Å². The number of ketones is 1. The van der Waals surface area contributed by atoms with E-state index in [4.69, 9.17) is 4.74 Å². The van der Waals surface area contributed by atoms with Crippen LogP contribution in [-0.2, 0) is 16.0 Å². The highest BCUT2D eigenvalue weighted by Gasteiger charge is 2.32. The van der Waals surface area contributed by atoms with Crippen LogP contribution < -0.4 is 28.5 Å². The fourth-order valence-electron chi connectivity index (χ4n) is 3.87. The van der Waals surface area contributed by atoms with Crippen LogP contribution in [-0.4, -0.2) is 23.6 Å². The van der Waals surface area contributed by atoms with E-state index in [-0.39, 0.29) is 42.2 Å². The number of rotatable bonds is 8. The van der Waals surface area contributed by atoms with Crippen molar-refractivity contribution in [2.45, 2.75) is 49.0 Å². The lowest BCUT2D eigenvalue weighted by molar-refractivity contribution is -0.598. The summed E-state index contributed by atoms with van der Waals surface area (Å²) in [4.78, 5) is 26.8. The van der Waals surface area contributed by atoms with E-state index in [1.54, 1.807) is 18.7 Å². The first-order valence-corrected chi connectivity index (χ1v) is 13.0. The van der Waals surface area contributed by atoms with Crippen molar-refractivity contribution in [1.82, 2.24) is 0 Å². The summed E-state index contributed by atoms with van der Waals surface area (Å²) < 4.78 is 8.37. The summed E-state index contributed by atoms with van der Waals surface area (Å²) in [6.07, 6.45) is 12.0. The van der Waals surface area contributed by atoms with Gasteiger partial charge >= 0.3 is 5.97 Å². The molecule has 1 aliphatic carbocycles. The smallest absolute Gasteiger partial charge is 0.310 e. The number of ether oxygens (including phenoxy) is 1. The fraction of sp³-hybridized carbons (Fsp3) is 0.296. The number of benzene rings is 1. The third kappa shape index (κ3) is 6.37. The van der Waals surface area contributed by atoms with Crippen LogP contribution >= 0.6 is 23.1 Å². The molecule has 0 saturated carbocycles. The lowest BCUT2D eigenvalue weighted by atomic mass is 10.0. The van der Waals surface area contributed by atoms with Crippen LogP contribution in [0.1, 0.15) is 52.5 Å². The van der Waals surface area contributed by atoms with E-state index in [0.717, 1.165) is 40.3 Å². The Balaban J connectivity index is 0.00000324. The van der Waals surface area contributed by atoms with Crippen molar-refractivity contribution in [3.05, 3.63) is 88.6 Å². The predicted octanol–water partition coefficient (Wildman–Crippen LogP) is 2.87. The second kappa shape index (κ2) is 12.7. The molecule has 3 aromatic rings. The Kier molecular flexibility index (Phi) is 9.91. The molecule has 1 atom stereocenters. The zero-order chi connectivity index (χ0) is 23.2. The molecular formula is C27H28INO3S2. The van der Waals surface area contributed by atoms with Crippen molar-refractivity contribution in [3.8, 4) is 5.69 Å². The summed E-state index contributed by atoms with van der Waals surface area (Å²) in [6.45, 7) is 4.16. The zero-order valence-corrected chi connectivity index (χ0v) is 23.1. The number of thioether (sulfide) groups is 1. The molecule has 0 fully saturated rings. The fourth-order valence-corrected chi connectivity index (χ4v) is 6.78. The van der Waals surface area contributed by atoms with Gasteiger partial charge in [0.15, 0.2) is 12.4 Å². The van der Waals surface area contributed by atoms with E-state index >= 15 is 0 Å². The molecule has 4 nitrogen and oxygen atoms in total. The van der Waals surface area contributed by atoms with Crippen LogP contribution in [0, 0.1) is 6.92 Å². The quantitative estimate of drug-likeness (QED) is 0.130. The van der Waals surface area contributed by atoms with E-state index in [1.807, 2.05) is 66.3 Å². The third-order valence-corrected chi connectivity index (χ3v) is 8.20. The number of aryl methyl sites for hydroxylation is 1. The average molecular weight is 606 g/mol. The number of pyridine rings is 1. The van der Waals surface area contributed by atoms with Gasteiger partial charge in [-0.05, 0) is 38.7 Å². The van der Waals surface area contributed by atoms with Crippen molar-refractivity contribution >= 4 is 34.9 Å². The Morgan fingerprint density at radius 2 is 1.88 bits per heavy atom. The number of hydrogen-bond donors (Lipinski definition) is 0. The van der Waals surface area contributed by atoms with E-state index < -0.39 is 0 Å². The highest BCUT2D eigenvalue weighted by molar-refractivity contribution is 8.02. The second-order valence-corrected chi connectivity index (χ2v) is 10.5. The van der Waals surface area contributed by atoms with Gasteiger partial charge in [-0.2, -0.15) is 4.57 Å². The van der Waals surface area contributed by atoms with Crippen molar-refractivity contribution < 1.29 is 42.9 Å². The molecule has 2 aromatic heterocycles. The van der Waals surface area contributed by atoms with Crippen molar-refractivity contribution in [1.29, 1.82) is 0 Å². The van der Waals surface area contributed by atoms with Gasteiger partial charge in [0.2, 0.25) is 11.5 Å². The van der Waals surface area contributed by atoms with Crippen molar-refractivity contribution in [2.75, 3.05) is 6.61 Å². The molecule has 1 aliphatic rings.